The van der Waals surface area contributed by atoms with Crippen molar-refractivity contribution >= 4 is 27.6 Å². The summed E-state index contributed by atoms with van der Waals surface area (Å²) in [4.78, 5) is 10.1. The normalized spacial score (nSPS) is 11.4. The molecule has 0 fully saturated rings. The van der Waals surface area contributed by atoms with E-state index >= 15 is 0 Å². The Labute approximate surface area is 109 Å². The summed E-state index contributed by atoms with van der Waals surface area (Å²) in [5.41, 5.74) is 0.867. The maximum absolute atomic E-state index is 10.5. The van der Waals surface area contributed by atoms with Crippen LogP contribution in [0.15, 0.2) is 60.8 Å². The van der Waals surface area contributed by atoms with Gasteiger partial charge in [-0.3, -0.25) is 10.1 Å². The van der Waals surface area contributed by atoms with Gasteiger partial charge in [0.25, 0.3) is 0 Å². The molecule has 0 N–H and O–H groups in total. The first-order valence-corrected chi connectivity index (χ1v) is 5.98. The number of hydrogen-bond donors (Lipinski definition) is 0. The van der Waals surface area contributed by atoms with Crippen LogP contribution in [-0.2, 0) is 0 Å². The first-order valence-electron chi connectivity index (χ1n) is 5.98. The molecule has 19 heavy (non-hydrogen) atoms. The van der Waals surface area contributed by atoms with Crippen molar-refractivity contribution in [2.75, 3.05) is 0 Å². The molecule has 0 radical (unpaired) electrons. The predicted molar refractivity (Wildman–Crippen MR) is 77.5 cm³/mol. The molecule has 3 aromatic rings. The fourth-order valence-corrected chi connectivity index (χ4v) is 2.36. The molecule has 3 heteroatoms. The molecular formula is C16H11NO2. The summed E-state index contributed by atoms with van der Waals surface area (Å²) in [6, 6.07) is 18.0. The summed E-state index contributed by atoms with van der Waals surface area (Å²) in [5.74, 6) is 0. The molecule has 0 aliphatic heterocycles. The van der Waals surface area contributed by atoms with Gasteiger partial charge >= 0.3 is 0 Å². The smallest absolute Gasteiger partial charge is 0.235 e. The lowest BCUT2D eigenvalue weighted by Crippen LogP contribution is -1.85. The Morgan fingerprint density at radius 2 is 1.53 bits per heavy atom. The fourth-order valence-electron chi connectivity index (χ4n) is 2.36. The molecule has 0 aliphatic rings. The molecular weight excluding hydrogens is 238 g/mol. The summed E-state index contributed by atoms with van der Waals surface area (Å²) < 4.78 is 0. The van der Waals surface area contributed by atoms with E-state index in [0.29, 0.717) is 0 Å². The van der Waals surface area contributed by atoms with Gasteiger partial charge < -0.3 is 0 Å². The highest BCUT2D eigenvalue weighted by Gasteiger charge is 2.04. The molecule has 0 atom stereocenters. The highest BCUT2D eigenvalue weighted by molar-refractivity contribution is 6.10. The lowest BCUT2D eigenvalue weighted by molar-refractivity contribution is -0.400. The van der Waals surface area contributed by atoms with Crippen LogP contribution in [0.2, 0.25) is 0 Å². The Balaban J connectivity index is 2.39. The maximum Gasteiger partial charge on any atom is 0.235 e. The number of nitrogens with zero attached hydrogens (tertiary/aromatic N) is 1. The average Bonchev–Trinajstić information content (AvgIpc) is 2.44. The number of fused-ring (bicyclic) bond motifs is 3. The summed E-state index contributed by atoms with van der Waals surface area (Å²) >= 11 is 0. The largest absolute Gasteiger partial charge is 0.259 e. The van der Waals surface area contributed by atoms with Crippen LogP contribution in [0.25, 0.3) is 27.6 Å². The van der Waals surface area contributed by atoms with Crippen LogP contribution in [0.4, 0.5) is 0 Å². The zero-order valence-electron chi connectivity index (χ0n) is 10.1. The van der Waals surface area contributed by atoms with E-state index in [2.05, 4.69) is 6.07 Å². The molecule has 0 unspecified atom stereocenters. The van der Waals surface area contributed by atoms with Crippen LogP contribution >= 0.6 is 0 Å². The van der Waals surface area contributed by atoms with E-state index < -0.39 is 4.92 Å². The highest BCUT2D eigenvalue weighted by atomic mass is 16.6. The van der Waals surface area contributed by atoms with Gasteiger partial charge in [-0.25, -0.2) is 0 Å². The minimum atomic E-state index is -0.441. The number of hydrogen-bond acceptors (Lipinski definition) is 2. The molecule has 3 aromatic carbocycles. The van der Waals surface area contributed by atoms with Gasteiger partial charge in [-0.15, -0.1) is 0 Å². The lowest BCUT2D eigenvalue weighted by Gasteiger charge is -2.06. The van der Waals surface area contributed by atoms with Gasteiger partial charge in [-0.05, 0) is 33.2 Å². The summed E-state index contributed by atoms with van der Waals surface area (Å²) in [7, 11) is 0. The molecule has 0 spiro atoms. The van der Waals surface area contributed by atoms with Gasteiger partial charge in [-0.2, -0.15) is 0 Å². The van der Waals surface area contributed by atoms with Gasteiger partial charge in [0.05, 0.1) is 4.92 Å². The Morgan fingerprint density at radius 1 is 0.895 bits per heavy atom. The van der Waals surface area contributed by atoms with Crippen LogP contribution in [0.1, 0.15) is 5.56 Å². The SMILES string of the molecule is O=[N+]([O-])C=Cc1cc2ccccc2c2ccccc12. The van der Waals surface area contributed by atoms with Crippen LogP contribution in [0.3, 0.4) is 0 Å². The van der Waals surface area contributed by atoms with Gasteiger partial charge in [0.1, 0.15) is 0 Å². The van der Waals surface area contributed by atoms with E-state index in [1.54, 1.807) is 6.08 Å². The van der Waals surface area contributed by atoms with E-state index in [9.17, 15) is 10.1 Å². The van der Waals surface area contributed by atoms with Crippen molar-refractivity contribution in [3.8, 4) is 0 Å². The predicted octanol–water partition coefficient (Wildman–Crippen LogP) is 4.24. The molecule has 0 saturated carbocycles. The van der Waals surface area contributed by atoms with Crippen molar-refractivity contribution in [1.29, 1.82) is 0 Å². The van der Waals surface area contributed by atoms with Crippen LogP contribution in [0.5, 0.6) is 0 Å². The molecule has 3 rings (SSSR count). The van der Waals surface area contributed by atoms with Gasteiger partial charge in [-0.1, -0.05) is 48.5 Å². The highest BCUT2D eigenvalue weighted by Crippen LogP contribution is 2.29. The molecule has 92 valence electrons. The van der Waals surface area contributed by atoms with E-state index in [1.165, 1.54) is 0 Å². The lowest BCUT2D eigenvalue weighted by atomic mass is 9.97. The van der Waals surface area contributed by atoms with Crippen molar-refractivity contribution < 1.29 is 4.92 Å². The van der Waals surface area contributed by atoms with Crippen molar-refractivity contribution in [3.63, 3.8) is 0 Å². The Kier molecular flexibility index (Phi) is 2.72. The summed E-state index contributed by atoms with van der Waals surface area (Å²) in [6.07, 6.45) is 2.53. The number of nitro groups is 1. The first-order chi connectivity index (χ1) is 9.25. The fraction of sp³-hybridized carbons (Fsp3) is 0. The minimum absolute atomic E-state index is 0.441. The molecule has 3 nitrogen and oxygen atoms in total. The van der Waals surface area contributed by atoms with Crippen LogP contribution < -0.4 is 0 Å². The summed E-state index contributed by atoms with van der Waals surface area (Å²) in [6.45, 7) is 0. The minimum Gasteiger partial charge on any atom is -0.259 e. The molecule has 0 saturated heterocycles. The maximum atomic E-state index is 10.5. The molecule has 0 heterocycles. The van der Waals surface area contributed by atoms with Crippen molar-refractivity contribution in [2.45, 2.75) is 0 Å². The number of rotatable bonds is 2. The van der Waals surface area contributed by atoms with E-state index in [1.807, 2.05) is 48.5 Å². The summed E-state index contributed by atoms with van der Waals surface area (Å²) in [5, 5.41) is 14.9. The second kappa shape index (κ2) is 4.53. The number of benzene rings is 3. The molecule has 0 amide bonds. The second-order valence-electron chi connectivity index (χ2n) is 4.33. The van der Waals surface area contributed by atoms with E-state index in [0.717, 1.165) is 33.3 Å². The standard InChI is InChI=1S/C16H11NO2/c18-17(19)10-9-13-11-12-5-1-2-6-14(12)16-8-4-3-7-15(13)16/h1-11H. The Hall–Kier alpha value is -2.68. The van der Waals surface area contributed by atoms with Gasteiger partial charge in [0.2, 0.25) is 6.20 Å². The van der Waals surface area contributed by atoms with Crippen molar-refractivity contribution in [1.82, 2.24) is 0 Å². The Bertz CT molecular complexity index is 806. The van der Waals surface area contributed by atoms with E-state index in [4.69, 9.17) is 0 Å². The topological polar surface area (TPSA) is 43.1 Å². The van der Waals surface area contributed by atoms with Crippen molar-refractivity contribution in [3.05, 3.63) is 76.5 Å². The molecule has 0 aromatic heterocycles. The quantitative estimate of drug-likeness (QED) is 0.387. The molecule has 0 bridgehead atoms. The zero-order chi connectivity index (χ0) is 13.2. The Morgan fingerprint density at radius 3 is 2.26 bits per heavy atom. The van der Waals surface area contributed by atoms with Crippen LogP contribution in [-0.4, -0.2) is 4.92 Å². The molecule has 0 aliphatic carbocycles. The monoisotopic (exact) mass is 249 g/mol. The van der Waals surface area contributed by atoms with Crippen LogP contribution in [0, 0.1) is 10.1 Å². The third kappa shape index (κ3) is 2.06. The van der Waals surface area contributed by atoms with E-state index in [-0.39, 0.29) is 0 Å². The van der Waals surface area contributed by atoms with Gasteiger partial charge in [0.15, 0.2) is 0 Å². The third-order valence-electron chi connectivity index (χ3n) is 3.18. The zero-order valence-corrected chi connectivity index (χ0v) is 10.1. The third-order valence-corrected chi connectivity index (χ3v) is 3.18. The van der Waals surface area contributed by atoms with Crippen molar-refractivity contribution in [2.24, 2.45) is 0 Å². The average molecular weight is 249 g/mol. The second-order valence-corrected chi connectivity index (χ2v) is 4.33. The van der Waals surface area contributed by atoms with Gasteiger partial charge in [0, 0.05) is 6.08 Å². The first kappa shape index (κ1) is 11.4.